The van der Waals surface area contributed by atoms with E-state index in [-0.39, 0.29) is 11.3 Å². The summed E-state index contributed by atoms with van der Waals surface area (Å²) in [4.78, 5) is 12.7. The molecule has 0 N–H and O–H groups in total. The van der Waals surface area contributed by atoms with Crippen LogP contribution in [0.4, 0.5) is 4.39 Å². The van der Waals surface area contributed by atoms with Gasteiger partial charge in [0.15, 0.2) is 5.78 Å². The maximum absolute atomic E-state index is 14.0. The summed E-state index contributed by atoms with van der Waals surface area (Å²) in [6, 6.07) is 15.1. The maximum atomic E-state index is 14.0. The first-order chi connectivity index (χ1) is 10.1. The van der Waals surface area contributed by atoms with Gasteiger partial charge in [-0.15, -0.1) is 0 Å². The van der Waals surface area contributed by atoms with Crippen LogP contribution in [0.1, 0.15) is 15.9 Å². The lowest BCUT2D eigenvalue weighted by Gasteiger charge is -2.09. The van der Waals surface area contributed by atoms with Crippen molar-refractivity contribution in [2.45, 2.75) is 0 Å². The Balaban J connectivity index is 2.26. The SMILES string of the molecule is O=C(c1c(F)cccc1Br)c1ccc(Cl)c2ccccc12. The Morgan fingerprint density at radius 1 is 0.952 bits per heavy atom. The molecule has 0 fully saturated rings. The monoisotopic (exact) mass is 362 g/mol. The Morgan fingerprint density at radius 3 is 2.38 bits per heavy atom. The van der Waals surface area contributed by atoms with Crippen LogP contribution in [-0.2, 0) is 0 Å². The number of halogens is 3. The third kappa shape index (κ3) is 2.47. The van der Waals surface area contributed by atoms with E-state index in [1.807, 2.05) is 24.3 Å². The molecule has 0 unspecified atom stereocenters. The molecule has 0 aliphatic carbocycles. The van der Waals surface area contributed by atoms with Crippen molar-refractivity contribution < 1.29 is 9.18 Å². The topological polar surface area (TPSA) is 17.1 Å². The molecule has 21 heavy (non-hydrogen) atoms. The predicted octanol–water partition coefficient (Wildman–Crippen LogP) is 5.63. The average molecular weight is 364 g/mol. The summed E-state index contributed by atoms with van der Waals surface area (Å²) in [5.74, 6) is -0.916. The molecule has 0 amide bonds. The third-order valence-corrected chi connectivity index (χ3v) is 4.30. The molecule has 3 aromatic carbocycles. The first kappa shape index (κ1) is 14.2. The highest BCUT2D eigenvalue weighted by Crippen LogP contribution is 2.30. The molecular weight excluding hydrogens is 355 g/mol. The Morgan fingerprint density at radius 2 is 1.67 bits per heavy atom. The summed E-state index contributed by atoms with van der Waals surface area (Å²) < 4.78 is 14.4. The van der Waals surface area contributed by atoms with E-state index >= 15 is 0 Å². The van der Waals surface area contributed by atoms with Crippen molar-refractivity contribution in [2.75, 3.05) is 0 Å². The van der Waals surface area contributed by atoms with Crippen molar-refractivity contribution in [1.29, 1.82) is 0 Å². The van der Waals surface area contributed by atoms with Crippen molar-refractivity contribution in [3.63, 3.8) is 0 Å². The van der Waals surface area contributed by atoms with E-state index in [9.17, 15) is 9.18 Å². The largest absolute Gasteiger partial charge is 0.288 e. The Hall–Kier alpha value is -1.71. The molecule has 0 aliphatic heterocycles. The first-order valence-electron chi connectivity index (χ1n) is 6.25. The number of hydrogen-bond acceptors (Lipinski definition) is 1. The molecule has 3 rings (SSSR count). The molecule has 0 atom stereocenters. The number of benzene rings is 3. The van der Waals surface area contributed by atoms with Gasteiger partial charge in [-0.2, -0.15) is 0 Å². The van der Waals surface area contributed by atoms with Crippen LogP contribution in [0.5, 0.6) is 0 Å². The number of carbonyl (C=O) groups is 1. The predicted molar refractivity (Wildman–Crippen MR) is 86.5 cm³/mol. The number of fused-ring (bicyclic) bond motifs is 1. The molecule has 0 aromatic heterocycles. The summed E-state index contributed by atoms with van der Waals surface area (Å²) in [5, 5.41) is 2.05. The molecule has 0 saturated carbocycles. The Labute approximate surface area is 134 Å². The van der Waals surface area contributed by atoms with Gasteiger partial charge in [-0.1, -0.05) is 41.9 Å². The van der Waals surface area contributed by atoms with Crippen LogP contribution < -0.4 is 0 Å². The normalized spacial score (nSPS) is 10.8. The van der Waals surface area contributed by atoms with Gasteiger partial charge >= 0.3 is 0 Å². The van der Waals surface area contributed by atoms with Crippen LogP contribution in [0.3, 0.4) is 0 Å². The van der Waals surface area contributed by atoms with E-state index in [0.717, 1.165) is 5.39 Å². The van der Waals surface area contributed by atoms with E-state index in [1.165, 1.54) is 6.07 Å². The van der Waals surface area contributed by atoms with Crippen LogP contribution in [0.2, 0.25) is 5.02 Å². The quantitative estimate of drug-likeness (QED) is 0.540. The zero-order chi connectivity index (χ0) is 15.0. The number of carbonyl (C=O) groups excluding carboxylic acids is 1. The molecule has 104 valence electrons. The lowest BCUT2D eigenvalue weighted by molar-refractivity contribution is 0.103. The standard InChI is InChI=1S/C17H9BrClFO/c18-13-6-3-7-15(20)16(13)17(21)12-8-9-14(19)11-5-2-1-4-10(11)12/h1-9H. The highest BCUT2D eigenvalue weighted by atomic mass is 79.9. The number of ketones is 1. The highest BCUT2D eigenvalue weighted by molar-refractivity contribution is 9.10. The number of rotatable bonds is 2. The van der Waals surface area contributed by atoms with Gasteiger partial charge in [-0.3, -0.25) is 4.79 Å². The molecule has 0 spiro atoms. The molecule has 0 bridgehead atoms. The van der Waals surface area contributed by atoms with Crippen molar-refractivity contribution in [3.05, 3.63) is 81.0 Å². The summed E-state index contributed by atoms with van der Waals surface area (Å²) in [5.41, 5.74) is 0.464. The maximum Gasteiger partial charge on any atom is 0.197 e. The molecule has 0 aliphatic rings. The van der Waals surface area contributed by atoms with Gasteiger partial charge in [0, 0.05) is 20.4 Å². The van der Waals surface area contributed by atoms with Crippen LogP contribution in [0.25, 0.3) is 10.8 Å². The van der Waals surface area contributed by atoms with Gasteiger partial charge in [0.05, 0.1) is 5.56 Å². The van der Waals surface area contributed by atoms with Crippen molar-refractivity contribution >= 4 is 44.1 Å². The second kappa shape index (κ2) is 5.58. The van der Waals surface area contributed by atoms with E-state index < -0.39 is 5.82 Å². The molecule has 0 saturated heterocycles. The minimum Gasteiger partial charge on any atom is -0.288 e. The van der Waals surface area contributed by atoms with Gasteiger partial charge in [-0.05, 0) is 45.6 Å². The molecule has 0 radical (unpaired) electrons. The van der Waals surface area contributed by atoms with E-state index in [2.05, 4.69) is 15.9 Å². The fourth-order valence-corrected chi connectivity index (χ4v) is 3.06. The molecular formula is C17H9BrClFO. The molecule has 0 heterocycles. The second-order valence-corrected chi connectivity index (χ2v) is 5.83. The molecule has 4 heteroatoms. The van der Waals surface area contributed by atoms with Gasteiger partial charge < -0.3 is 0 Å². The molecule has 1 nitrogen and oxygen atoms in total. The van der Waals surface area contributed by atoms with Crippen LogP contribution in [0.15, 0.2) is 59.1 Å². The highest BCUT2D eigenvalue weighted by Gasteiger charge is 2.19. The number of hydrogen-bond donors (Lipinski definition) is 0. The fourth-order valence-electron chi connectivity index (χ4n) is 2.31. The summed E-state index contributed by atoms with van der Waals surface area (Å²) >= 11 is 9.38. The summed E-state index contributed by atoms with van der Waals surface area (Å²) in [6.07, 6.45) is 0. The minimum atomic E-state index is -0.548. The lowest BCUT2D eigenvalue weighted by atomic mass is 9.97. The first-order valence-corrected chi connectivity index (χ1v) is 7.42. The Kier molecular flexibility index (Phi) is 3.79. The van der Waals surface area contributed by atoms with E-state index in [0.29, 0.717) is 20.4 Å². The summed E-state index contributed by atoms with van der Waals surface area (Å²) in [6.45, 7) is 0. The third-order valence-electron chi connectivity index (χ3n) is 3.31. The van der Waals surface area contributed by atoms with Gasteiger partial charge in [-0.25, -0.2) is 4.39 Å². The van der Waals surface area contributed by atoms with E-state index in [1.54, 1.807) is 24.3 Å². The van der Waals surface area contributed by atoms with Crippen molar-refractivity contribution in [3.8, 4) is 0 Å². The summed E-state index contributed by atoms with van der Waals surface area (Å²) in [7, 11) is 0. The second-order valence-electron chi connectivity index (χ2n) is 4.57. The zero-order valence-electron chi connectivity index (χ0n) is 10.7. The van der Waals surface area contributed by atoms with Crippen molar-refractivity contribution in [1.82, 2.24) is 0 Å². The smallest absolute Gasteiger partial charge is 0.197 e. The molecule has 3 aromatic rings. The van der Waals surface area contributed by atoms with Gasteiger partial charge in [0.25, 0.3) is 0 Å². The van der Waals surface area contributed by atoms with Gasteiger partial charge in [0.2, 0.25) is 0 Å². The van der Waals surface area contributed by atoms with Crippen molar-refractivity contribution in [2.24, 2.45) is 0 Å². The van der Waals surface area contributed by atoms with Crippen LogP contribution in [-0.4, -0.2) is 5.78 Å². The van der Waals surface area contributed by atoms with Crippen LogP contribution >= 0.6 is 27.5 Å². The Bertz CT molecular complexity index is 840. The average Bonchev–Trinajstić information content (AvgIpc) is 2.47. The zero-order valence-corrected chi connectivity index (χ0v) is 13.1. The lowest BCUT2D eigenvalue weighted by Crippen LogP contribution is -2.06. The minimum absolute atomic E-state index is 0.0324. The van der Waals surface area contributed by atoms with E-state index in [4.69, 9.17) is 11.6 Å². The van der Waals surface area contributed by atoms with Crippen LogP contribution in [0, 0.1) is 5.82 Å². The van der Waals surface area contributed by atoms with Gasteiger partial charge in [0.1, 0.15) is 5.82 Å². The fraction of sp³-hybridized carbons (Fsp3) is 0.